The van der Waals surface area contributed by atoms with Crippen LogP contribution in [-0.4, -0.2) is 33.1 Å². The Bertz CT molecular complexity index is 584. The lowest BCUT2D eigenvalue weighted by molar-refractivity contribution is 0.411. The Hall–Kier alpha value is -0.240. The highest BCUT2D eigenvalue weighted by Crippen LogP contribution is 2.30. The van der Waals surface area contributed by atoms with Crippen LogP contribution in [-0.2, 0) is 10.0 Å². The van der Waals surface area contributed by atoms with Crippen molar-refractivity contribution in [3.63, 3.8) is 0 Å². The molecular weight excluding hydrogens is 374 g/mol. The van der Waals surface area contributed by atoms with Crippen LogP contribution in [0, 0.1) is 0 Å². The van der Waals surface area contributed by atoms with E-state index in [1.54, 1.807) is 25.3 Å². The first-order chi connectivity index (χ1) is 9.96. The molecule has 0 atom stereocenters. The van der Waals surface area contributed by atoms with Gasteiger partial charge < -0.3 is 4.74 Å². The van der Waals surface area contributed by atoms with Crippen molar-refractivity contribution in [1.29, 1.82) is 0 Å². The third kappa shape index (κ3) is 4.37. The molecule has 0 aromatic heterocycles. The quantitative estimate of drug-likeness (QED) is 0.832. The summed E-state index contributed by atoms with van der Waals surface area (Å²) < 4.78 is 33.4. The van der Waals surface area contributed by atoms with Crippen LogP contribution in [0.4, 0.5) is 0 Å². The highest BCUT2D eigenvalue weighted by Gasteiger charge is 2.25. The van der Waals surface area contributed by atoms with Gasteiger partial charge in [0.05, 0.1) is 16.5 Å². The van der Waals surface area contributed by atoms with Gasteiger partial charge in [0.2, 0.25) is 10.0 Å². The number of benzene rings is 1. The maximum atomic E-state index is 12.4. The minimum Gasteiger partial charge on any atom is -0.496 e. The van der Waals surface area contributed by atoms with E-state index >= 15 is 0 Å². The van der Waals surface area contributed by atoms with Crippen molar-refractivity contribution in [2.24, 2.45) is 0 Å². The minimum atomic E-state index is -3.47. The minimum absolute atomic E-state index is 0.0410. The van der Waals surface area contributed by atoms with E-state index in [4.69, 9.17) is 4.74 Å². The van der Waals surface area contributed by atoms with Crippen LogP contribution in [0.15, 0.2) is 27.6 Å². The van der Waals surface area contributed by atoms with E-state index in [2.05, 4.69) is 26.9 Å². The smallest absolute Gasteiger partial charge is 0.240 e. The Morgan fingerprint density at radius 2 is 1.95 bits per heavy atom. The van der Waals surface area contributed by atoms with Gasteiger partial charge in [-0.2, -0.15) is 11.8 Å². The number of thioether (sulfide) groups is 1. The SMILES string of the molecule is COc1ccc(S(=O)(=O)NC2CCC(SC)CC2)cc1Br. The van der Waals surface area contributed by atoms with Gasteiger partial charge in [-0.05, 0) is 66.1 Å². The van der Waals surface area contributed by atoms with E-state index in [-0.39, 0.29) is 10.9 Å². The standard InChI is InChI=1S/C14H20BrNO3S2/c1-19-14-8-7-12(9-13(14)15)21(17,18)16-10-3-5-11(20-2)6-4-10/h7-11,16H,3-6H2,1-2H3. The lowest BCUT2D eigenvalue weighted by Gasteiger charge is -2.27. The van der Waals surface area contributed by atoms with Crippen LogP contribution in [0.1, 0.15) is 25.7 Å². The molecular formula is C14H20BrNO3S2. The van der Waals surface area contributed by atoms with Gasteiger partial charge in [0, 0.05) is 11.3 Å². The molecule has 1 saturated carbocycles. The van der Waals surface area contributed by atoms with Gasteiger partial charge in [-0.15, -0.1) is 0 Å². The first-order valence-corrected chi connectivity index (χ1v) is 10.4. The molecule has 1 fully saturated rings. The maximum absolute atomic E-state index is 12.4. The zero-order valence-electron chi connectivity index (χ0n) is 12.1. The van der Waals surface area contributed by atoms with Crippen LogP contribution < -0.4 is 9.46 Å². The molecule has 118 valence electrons. The van der Waals surface area contributed by atoms with Crippen molar-refractivity contribution < 1.29 is 13.2 Å². The third-order valence-electron chi connectivity index (χ3n) is 3.76. The molecule has 0 heterocycles. The van der Waals surface area contributed by atoms with Gasteiger partial charge in [-0.25, -0.2) is 13.1 Å². The van der Waals surface area contributed by atoms with Crippen LogP contribution in [0.3, 0.4) is 0 Å². The second-order valence-electron chi connectivity index (χ2n) is 5.13. The molecule has 1 aliphatic rings. The van der Waals surface area contributed by atoms with Crippen molar-refractivity contribution in [3.05, 3.63) is 22.7 Å². The molecule has 0 saturated heterocycles. The Morgan fingerprint density at radius 1 is 1.29 bits per heavy atom. The highest BCUT2D eigenvalue weighted by atomic mass is 79.9. The fourth-order valence-corrected chi connectivity index (χ4v) is 5.28. The molecule has 0 aliphatic heterocycles. The average molecular weight is 394 g/mol. The lowest BCUT2D eigenvalue weighted by Crippen LogP contribution is -2.38. The van der Waals surface area contributed by atoms with Gasteiger partial charge in [-0.3, -0.25) is 0 Å². The molecule has 1 aromatic rings. The summed E-state index contributed by atoms with van der Waals surface area (Å²) in [4.78, 5) is 0.266. The summed E-state index contributed by atoms with van der Waals surface area (Å²) in [5.74, 6) is 0.620. The summed E-state index contributed by atoms with van der Waals surface area (Å²) in [6.45, 7) is 0. The van der Waals surface area contributed by atoms with Gasteiger partial charge in [0.15, 0.2) is 0 Å². The molecule has 0 spiro atoms. The normalized spacial score (nSPS) is 23.0. The summed E-state index contributed by atoms with van der Waals surface area (Å²) in [7, 11) is -1.92. The number of sulfonamides is 1. The van der Waals surface area contributed by atoms with Crippen LogP contribution in [0.2, 0.25) is 0 Å². The van der Waals surface area contributed by atoms with E-state index in [1.165, 1.54) is 0 Å². The van der Waals surface area contributed by atoms with Crippen molar-refractivity contribution in [2.75, 3.05) is 13.4 Å². The van der Waals surface area contributed by atoms with Crippen LogP contribution in [0.5, 0.6) is 5.75 Å². The summed E-state index contributed by atoms with van der Waals surface area (Å²) in [5, 5.41) is 0.667. The molecule has 0 amide bonds. The Labute approximate surface area is 139 Å². The number of ether oxygens (including phenoxy) is 1. The van der Waals surface area contributed by atoms with Crippen molar-refractivity contribution in [1.82, 2.24) is 4.72 Å². The van der Waals surface area contributed by atoms with Crippen molar-refractivity contribution >= 4 is 37.7 Å². The van der Waals surface area contributed by atoms with Gasteiger partial charge >= 0.3 is 0 Å². The van der Waals surface area contributed by atoms with Crippen molar-refractivity contribution in [2.45, 2.75) is 41.9 Å². The Balaban J connectivity index is 2.07. The summed E-state index contributed by atoms with van der Waals surface area (Å²) in [5.41, 5.74) is 0. The molecule has 1 aliphatic carbocycles. The molecule has 1 aromatic carbocycles. The fraction of sp³-hybridized carbons (Fsp3) is 0.571. The van der Waals surface area contributed by atoms with E-state index in [9.17, 15) is 8.42 Å². The Morgan fingerprint density at radius 3 is 2.48 bits per heavy atom. The predicted molar refractivity (Wildman–Crippen MR) is 90.6 cm³/mol. The van der Waals surface area contributed by atoms with E-state index in [0.717, 1.165) is 25.7 Å². The topological polar surface area (TPSA) is 55.4 Å². The second kappa shape index (κ2) is 7.35. The van der Waals surface area contributed by atoms with E-state index in [1.807, 2.05) is 11.8 Å². The largest absolute Gasteiger partial charge is 0.496 e. The van der Waals surface area contributed by atoms with Crippen LogP contribution in [0.25, 0.3) is 0 Å². The highest BCUT2D eigenvalue weighted by molar-refractivity contribution is 9.10. The molecule has 21 heavy (non-hydrogen) atoms. The average Bonchev–Trinajstić information content (AvgIpc) is 2.47. The zero-order chi connectivity index (χ0) is 15.5. The van der Waals surface area contributed by atoms with E-state index < -0.39 is 10.0 Å². The van der Waals surface area contributed by atoms with Crippen molar-refractivity contribution in [3.8, 4) is 5.75 Å². The summed E-state index contributed by atoms with van der Waals surface area (Å²) >= 11 is 5.19. The summed E-state index contributed by atoms with van der Waals surface area (Å²) in [6, 6.07) is 4.84. The molecule has 7 heteroatoms. The number of halogens is 1. The maximum Gasteiger partial charge on any atom is 0.240 e. The number of hydrogen-bond donors (Lipinski definition) is 1. The molecule has 1 N–H and O–H groups in total. The van der Waals surface area contributed by atoms with E-state index in [0.29, 0.717) is 15.5 Å². The molecule has 4 nitrogen and oxygen atoms in total. The number of hydrogen-bond acceptors (Lipinski definition) is 4. The number of nitrogens with one attached hydrogen (secondary N) is 1. The molecule has 2 rings (SSSR count). The molecule has 0 unspecified atom stereocenters. The molecule has 0 radical (unpaired) electrons. The first kappa shape index (κ1) is 17.1. The van der Waals surface area contributed by atoms with Crippen LogP contribution >= 0.6 is 27.7 Å². The number of rotatable bonds is 5. The summed E-state index contributed by atoms with van der Waals surface area (Å²) in [6.07, 6.45) is 6.06. The first-order valence-electron chi connectivity index (χ1n) is 6.85. The van der Waals surface area contributed by atoms with Gasteiger partial charge in [-0.1, -0.05) is 0 Å². The van der Waals surface area contributed by atoms with Gasteiger partial charge in [0.25, 0.3) is 0 Å². The third-order valence-corrected chi connectivity index (χ3v) is 7.04. The fourth-order valence-electron chi connectivity index (χ4n) is 2.52. The number of methoxy groups -OCH3 is 1. The Kier molecular flexibility index (Phi) is 5.99. The molecule has 0 bridgehead atoms. The monoisotopic (exact) mass is 393 g/mol. The van der Waals surface area contributed by atoms with Gasteiger partial charge in [0.1, 0.15) is 5.75 Å². The second-order valence-corrected chi connectivity index (χ2v) is 8.83. The lowest BCUT2D eigenvalue weighted by atomic mass is 9.96. The predicted octanol–water partition coefficient (Wildman–Crippen LogP) is 3.41. The zero-order valence-corrected chi connectivity index (χ0v) is 15.4.